The molecule has 3 nitrogen and oxygen atoms in total. The minimum atomic E-state index is -0.446. The molecule has 4 heteroatoms. The summed E-state index contributed by atoms with van der Waals surface area (Å²) in [5.74, 6) is 0.0435. The Hall–Kier alpha value is -1.32. The van der Waals surface area contributed by atoms with Crippen LogP contribution in [0.5, 0.6) is 0 Å². The van der Waals surface area contributed by atoms with Crippen LogP contribution in [-0.4, -0.2) is 25.5 Å². The highest BCUT2D eigenvalue weighted by Gasteiger charge is 2.40. The Morgan fingerprint density at radius 2 is 1.95 bits per heavy atom. The maximum absolute atomic E-state index is 12.6. The summed E-state index contributed by atoms with van der Waals surface area (Å²) in [5, 5.41) is 6.65. The number of nitrogens with one attached hydrogen (secondary N) is 2. The highest BCUT2D eigenvalue weighted by Crippen LogP contribution is 2.33. The largest absolute Gasteiger partial charge is 0.350 e. The summed E-state index contributed by atoms with van der Waals surface area (Å²) in [6.07, 6.45) is 1.61. The molecule has 0 aliphatic carbocycles. The molecule has 1 fully saturated rings. The lowest BCUT2D eigenvalue weighted by atomic mass is 9.72. The summed E-state index contributed by atoms with van der Waals surface area (Å²) in [7, 11) is 0. The summed E-state index contributed by atoms with van der Waals surface area (Å²) < 4.78 is 0. The minimum absolute atomic E-state index is 0.0435. The molecule has 1 aromatic rings. The molecule has 0 aromatic heterocycles. The number of piperidine rings is 1. The zero-order valence-corrected chi connectivity index (χ0v) is 11.7. The van der Waals surface area contributed by atoms with E-state index >= 15 is 0 Å². The van der Waals surface area contributed by atoms with Crippen LogP contribution >= 0.6 is 11.6 Å². The molecule has 1 amide bonds. The van der Waals surface area contributed by atoms with Crippen LogP contribution in [0.1, 0.15) is 18.4 Å². The van der Waals surface area contributed by atoms with Crippen molar-refractivity contribution in [2.75, 3.05) is 19.6 Å². The van der Waals surface area contributed by atoms with Gasteiger partial charge in [-0.1, -0.05) is 48.5 Å². The third kappa shape index (κ3) is 3.17. The van der Waals surface area contributed by atoms with Gasteiger partial charge < -0.3 is 10.6 Å². The van der Waals surface area contributed by atoms with E-state index in [2.05, 4.69) is 17.2 Å². The summed E-state index contributed by atoms with van der Waals surface area (Å²) >= 11 is 5.73. The number of halogens is 1. The van der Waals surface area contributed by atoms with Crippen molar-refractivity contribution in [1.82, 2.24) is 10.6 Å². The molecule has 0 unspecified atom stereocenters. The van der Waals surface area contributed by atoms with Crippen molar-refractivity contribution in [3.05, 3.63) is 47.5 Å². The van der Waals surface area contributed by atoms with Gasteiger partial charge in [-0.3, -0.25) is 4.79 Å². The highest BCUT2D eigenvalue weighted by atomic mass is 35.5. The van der Waals surface area contributed by atoms with Crippen molar-refractivity contribution in [2.45, 2.75) is 18.3 Å². The molecule has 1 heterocycles. The molecule has 0 atom stereocenters. The van der Waals surface area contributed by atoms with E-state index in [-0.39, 0.29) is 5.91 Å². The smallest absolute Gasteiger partial charge is 0.231 e. The van der Waals surface area contributed by atoms with Crippen molar-refractivity contribution in [3.63, 3.8) is 0 Å². The van der Waals surface area contributed by atoms with E-state index in [1.165, 1.54) is 0 Å². The lowest BCUT2D eigenvalue weighted by Gasteiger charge is -2.36. The number of hydrogen-bond acceptors (Lipinski definition) is 2. The number of carbonyl (C=O) groups is 1. The van der Waals surface area contributed by atoms with E-state index in [1.54, 1.807) is 0 Å². The standard InChI is InChI=1S/C15H19ClN2O/c1-12(16)11-18-14(19)15(7-9-17-10-8-15)13-5-3-2-4-6-13/h2-6,17H,1,7-11H2,(H,18,19). The van der Waals surface area contributed by atoms with Crippen molar-refractivity contribution < 1.29 is 4.79 Å². The van der Waals surface area contributed by atoms with Crippen LogP contribution in [0, 0.1) is 0 Å². The van der Waals surface area contributed by atoms with Crippen molar-refractivity contribution in [3.8, 4) is 0 Å². The lowest BCUT2D eigenvalue weighted by Crippen LogP contribution is -2.50. The monoisotopic (exact) mass is 278 g/mol. The third-order valence-electron chi connectivity index (χ3n) is 3.66. The highest BCUT2D eigenvalue weighted by molar-refractivity contribution is 6.29. The first kappa shape index (κ1) is 14.1. The topological polar surface area (TPSA) is 41.1 Å². The number of carbonyl (C=O) groups excluding carboxylic acids is 1. The molecule has 0 spiro atoms. The SMILES string of the molecule is C=C(Cl)CNC(=O)C1(c2ccccc2)CCNCC1. The Bertz CT molecular complexity index is 452. The fourth-order valence-corrected chi connectivity index (χ4v) is 2.67. The number of benzene rings is 1. The fraction of sp³-hybridized carbons (Fsp3) is 0.400. The molecule has 2 rings (SSSR count). The summed E-state index contributed by atoms with van der Waals surface area (Å²) in [6.45, 7) is 5.63. The molecule has 1 saturated heterocycles. The van der Waals surface area contributed by atoms with Crippen LogP contribution < -0.4 is 10.6 Å². The van der Waals surface area contributed by atoms with Gasteiger partial charge in [0.25, 0.3) is 0 Å². The van der Waals surface area contributed by atoms with Gasteiger partial charge in [0, 0.05) is 5.03 Å². The maximum Gasteiger partial charge on any atom is 0.231 e. The summed E-state index contributed by atoms with van der Waals surface area (Å²) in [5.41, 5.74) is 0.632. The first-order valence-corrected chi connectivity index (χ1v) is 6.91. The molecule has 102 valence electrons. The number of hydrogen-bond donors (Lipinski definition) is 2. The zero-order valence-electron chi connectivity index (χ0n) is 10.9. The van der Waals surface area contributed by atoms with Gasteiger partial charge in [0.05, 0.1) is 12.0 Å². The molecule has 1 aliphatic heterocycles. The van der Waals surface area contributed by atoms with Gasteiger partial charge in [0.2, 0.25) is 5.91 Å². The second kappa shape index (κ2) is 6.22. The molecule has 1 aromatic carbocycles. The molecule has 2 N–H and O–H groups in total. The molecular formula is C15H19ClN2O. The lowest BCUT2D eigenvalue weighted by molar-refractivity contribution is -0.127. The van der Waals surface area contributed by atoms with Gasteiger partial charge in [0.15, 0.2) is 0 Å². The third-order valence-corrected chi connectivity index (χ3v) is 3.79. The van der Waals surface area contributed by atoms with Crippen LogP contribution in [0.4, 0.5) is 0 Å². The van der Waals surface area contributed by atoms with Crippen LogP contribution in [0.2, 0.25) is 0 Å². The molecular weight excluding hydrogens is 260 g/mol. The van der Waals surface area contributed by atoms with Crippen molar-refractivity contribution in [2.24, 2.45) is 0 Å². The van der Waals surface area contributed by atoms with E-state index in [4.69, 9.17) is 11.6 Å². The zero-order chi connectivity index (χ0) is 13.7. The Kier molecular flexibility index (Phi) is 4.61. The Morgan fingerprint density at radius 1 is 1.32 bits per heavy atom. The first-order chi connectivity index (χ1) is 9.15. The average Bonchev–Trinajstić information content (AvgIpc) is 2.46. The Balaban J connectivity index is 2.24. The Morgan fingerprint density at radius 3 is 2.53 bits per heavy atom. The van der Waals surface area contributed by atoms with E-state index in [0.717, 1.165) is 31.5 Å². The quantitative estimate of drug-likeness (QED) is 0.886. The van der Waals surface area contributed by atoms with Crippen LogP contribution in [0.15, 0.2) is 41.9 Å². The predicted octanol–water partition coefficient (Wildman–Crippen LogP) is 2.18. The maximum atomic E-state index is 12.6. The van der Waals surface area contributed by atoms with Gasteiger partial charge in [-0.2, -0.15) is 0 Å². The molecule has 0 bridgehead atoms. The van der Waals surface area contributed by atoms with Crippen molar-refractivity contribution >= 4 is 17.5 Å². The molecule has 1 aliphatic rings. The summed E-state index contributed by atoms with van der Waals surface area (Å²) in [4.78, 5) is 12.6. The van der Waals surface area contributed by atoms with Crippen LogP contribution in [0.3, 0.4) is 0 Å². The number of rotatable bonds is 4. The van der Waals surface area contributed by atoms with E-state index < -0.39 is 5.41 Å². The fourth-order valence-electron chi connectivity index (χ4n) is 2.60. The average molecular weight is 279 g/mol. The van der Waals surface area contributed by atoms with Gasteiger partial charge in [0.1, 0.15) is 0 Å². The van der Waals surface area contributed by atoms with E-state index in [9.17, 15) is 4.79 Å². The second-order valence-electron chi connectivity index (χ2n) is 4.90. The van der Waals surface area contributed by atoms with Gasteiger partial charge in [-0.15, -0.1) is 0 Å². The minimum Gasteiger partial charge on any atom is -0.350 e. The van der Waals surface area contributed by atoms with Crippen molar-refractivity contribution in [1.29, 1.82) is 0 Å². The molecule has 19 heavy (non-hydrogen) atoms. The van der Waals surface area contributed by atoms with E-state index in [0.29, 0.717) is 11.6 Å². The molecule has 0 radical (unpaired) electrons. The normalized spacial score (nSPS) is 17.7. The summed E-state index contributed by atoms with van der Waals surface area (Å²) in [6, 6.07) is 9.98. The first-order valence-electron chi connectivity index (χ1n) is 6.53. The second-order valence-corrected chi connectivity index (χ2v) is 5.43. The number of amides is 1. The molecule has 0 saturated carbocycles. The van der Waals surface area contributed by atoms with Gasteiger partial charge in [-0.25, -0.2) is 0 Å². The van der Waals surface area contributed by atoms with Gasteiger partial charge >= 0.3 is 0 Å². The Labute approximate surface area is 119 Å². The van der Waals surface area contributed by atoms with Crippen LogP contribution in [-0.2, 0) is 10.2 Å². The predicted molar refractivity (Wildman–Crippen MR) is 78.2 cm³/mol. The van der Waals surface area contributed by atoms with E-state index in [1.807, 2.05) is 30.3 Å². The van der Waals surface area contributed by atoms with Crippen LogP contribution in [0.25, 0.3) is 0 Å². The van der Waals surface area contributed by atoms with Gasteiger partial charge in [-0.05, 0) is 31.5 Å².